The van der Waals surface area contributed by atoms with E-state index in [1.165, 1.54) is 45.3 Å². The molecule has 2 heterocycles. The van der Waals surface area contributed by atoms with Crippen LogP contribution in [0.25, 0.3) is 0 Å². The number of hydrogen-bond donors (Lipinski definition) is 1. The van der Waals surface area contributed by atoms with Crippen molar-refractivity contribution in [2.45, 2.75) is 57.3 Å². The van der Waals surface area contributed by atoms with Crippen LogP contribution in [-0.4, -0.2) is 56.1 Å². The van der Waals surface area contributed by atoms with E-state index >= 15 is 0 Å². The summed E-state index contributed by atoms with van der Waals surface area (Å²) >= 11 is 0. The van der Waals surface area contributed by atoms with Crippen molar-refractivity contribution < 1.29 is 9.47 Å². The molecule has 1 saturated carbocycles. The first-order valence-corrected chi connectivity index (χ1v) is 8.54. The van der Waals surface area contributed by atoms with E-state index in [1.807, 2.05) is 0 Å². The molecular formula is C16H30N2O2. The zero-order valence-corrected chi connectivity index (χ0v) is 12.9. The van der Waals surface area contributed by atoms with Gasteiger partial charge in [0, 0.05) is 18.9 Å². The highest BCUT2D eigenvalue weighted by Gasteiger charge is 2.41. The van der Waals surface area contributed by atoms with Gasteiger partial charge in [0.15, 0.2) is 5.79 Å². The molecule has 2 aliphatic heterocycles. The summed E-state index contributed by atoms with van der Waals surface area (Å²) in [5.74, 6) is 0.697. The van der Waals surface area contributed by atoms with Crippen LogP contribution in [0, 0.1) is 5.92 Å². The second-order valence-corrected chi connectivity index (χ2v) is 6.63. The number of nitrogens with one attached hydrogen (secondary N) is 1. The Morgan fingerprint density at radius 2 is 1.70 bits per heavy atom. The highest BCUT2D eigenvalue weighted by Crippen LogP contribution is 2.38. The van der Waals surface area contributed by atoms with Crippen LogP contribution >= 0.6 is 0 Å². The summed E-state index contributed by atoms with van der Waals surface area (Å²) in [7, 11) is 0. The molecule has 0 aromatic carbocycles. The van der Waals surface area contributed by atoms with Gasteiger partial charge in [-0.15, -0.1) is 0 Å². The molecule has 3 rings (SSSR count). The SMILES string of the molecule is CCNCC1CCN(C2CCC3(CC2)OCCO3)CC1. The second kappa shape index (κ2) is 6.73. The molecule has 0 radical (unpaired) electrons. The molecule has 3 aliphatic rings. The van der Waals surface area contributed by atoms with Gasteiger partial charge in [0.25, 0.3) is 0 Å². The standard InChI is InChI=1S/C16H30N2O2/c1-2-17-13-14-5-9-18(10-6-14)15-3-7-16(8-4-15)19-11-12-20-16/h14-15,17H,2-13H2,1H3. The molecule has 3 fully saturated rings. The van der Waals surface area contributed by atoms with Gasteiger partial charge in [-0.05, 0) is 57.8 Å². The van der Waals surface area contributed by atoms with E-state index in [0.717, 1.165) is 44.6 Å². The highest BCUT2D eigenvalue weighted by atomic mass is 16.7. The van der Waals surface area contributed by atoms with Crippen molar-refractivity contribution >= 4 is 0 Å². The number of ether oxygens (including phenoxy) is 2. The fourth-order valence-corrected chi connectivity index (χ4v) is 4.06. The largest absolute Gasteiger partial charge is 0.348 e. The Kier molecular flexibility index (Phi) is 4.97. The van der Waals surface area contributed by atoms with Crippen molar-refractivity contribution in [3.63, 3.8) is 0 Å². The first-order valence-electron chi connectivity index (χ1n) is 8.54. The number of piperidine rings is 1. The normalized spacial score (nSPS) is 29.2. The minimum Gasteiger partial charge on any atom is -0.348 e. The van der Waals surface area contributed by atoms with Gasteiger partial charge in [0.1, 0.15) is 0 Å². The third-order valence-electron chi connectivity index (χ3n) is 5.38. The molecule has 0 aromatic heterocycles. The lowest BCUT2D eigenvalue weighted by Gasteiger charge is -2.43. The van der Waals surface area contributed by atoms with Crippen molar-refractivity contribution in [2.24, 2.45) is 5.92 Å². The van der Waals surface area contributed by atoms with Gasteiger partial charge < -0.3 is 19.7 Å². The molecule has 0 unspecified atom stereocenters. The molecule has 2 saturated heterocycles. The molecule has 1 aliphatic carbocycles. The topological polar surface area (TPSA) is 33.7 Å². The second-order valence-electron chi connectivity index (χ2n) is 6.63. The van der Waals surface area contributed by atoms with Gasteiger partial charge in [-0.1, -0.05) is 6.92 Å². The molecule has 0 bridgehead atoms. The van der Waals surface area contributed by atoms with Crippen molar-refractivity contribution in [2.75, 3.05) is 39.4 Å². The van der Waals surface area contributed by atoms with Gasteiger partial charge in [-0.25, -0.2) is 0 Å². The van der Waals surface area contributed by atoms with Crippen LogP contribution in [0.2, 0.25) is 0 Å². The van der Waals surface area contributed by atoms with Gasteiger partial charge >= 0.3 is 0 Å². The molecule has 20 heavy (non-hydrogen) atoms. The molecule has 0 amide bonds. The molecule has 1 spiro atoms. The Balaban J connectivity index is 1.41. The predicted octanol–water partition coefficient (Wildman–Crippen LogP) is 1.99. The molecular weight excluding hydrogens is 252 g/mol. The Labute approximate surface area is 123 Å². The molecule has 0 aromatic rings. The summed E-state index contributed by atoms with van der Waals surface area (Å²) in [5, 5.41) is 3.49. The predicted molar refractivity (Wildman–Crippen MR) is 79.7 cm³/mol. The Morgan fingerprint density at radius 1 is 1.05 bits per heavy atom. The average molecular weight is 282 g/mol. The zero-order chi connectivity index (χ0) is 13.8. The summed E-state index contributed by atoms with van der Waals surface area (Å²) in [6.45, 7) is 8.66. The maximum atomic E-state index is 5.83. The van der Waals surface area contributed by atoms with E-state index in [9.17, 15) is 0 Å². The quantitative estimate of drug-likeness (QED) is 0.855. The van der Waals surface area contributed by atoms with Crippen molar-refractivity contribution in [3.8, 4) is 0 Å². The van der Waals surface area contributed by atoms with Crippen LogP contribution < -0.4 is 5.32 Å². The summed E-state index contributed by atoms with van der Waals surface area (Å²) in [5.41, 5.74) is 0. The number of nitrogens with zero attached hydrogens (tertiary/aromatic N) is 1. The van der Waals surface area contributed by atoms with E-state index in [-0.39, 0.29) is 5.79 Å². The van der Waals surface area contributed by atoms with Gasteiger partial charge in [-0.3, -0.25) is 0 Å². The van der Waals surface area contributed by atoms with Crippen molar-refractivity contribution in [1.82, 2.24) is 10.2 Å². The Hall–Kier alpha value is -0.160. The monoisotopic (exact) mass is 282 g/mol. The maximum Gasteiger partial charge on any atom is 0.168 e. The van der Waals surface area contributed by atoms with E-state index < -0.39 is 0 Å². The maximum absolute atomic E-state index is 5.83. The number of likely N-dealkylation sites (tertiary alicyclic amines) is 1. The van der Waals surface area contributed by atoms with Crippen LogP contribution in [0.4, 0.5) is 0 Å². The first-order chi connectivity index (χ1) is 9.81. The third-order valence-corrected chi connectivity index (χ3v) is 5.38. The number of rotatable bonds is 4. The lowest BCUT2D eigenvalue weighted by atomic mass is 9.87. The van der Waals surface area contributed by atoms with Crippen molar-refractivity contribution in [3.05, 3.63) is 0 Å². The van der Waals surface area contributed by atoms with Crippen LogP contribution in [-0.2, 0) is 9.47 Å². The van der Waals surface area contributed by atoms with Gasteiger partial charge in [0.2, 0.25) is 0 Å². The van der Waals surface area contributed by atoms with Crippen LogP contribution in [0.3, 0.4) is 0 Å². The molecule has 4 heteroatoms. The van der Waals surface area contributed by atoms with E-state index in [2.05, 4.69) is 17.1 Å². The highest BCUT2D eigenvalue weighted by molar-refractivity contribution is 4.88. The molecule has 1 N–H and O–H groups in total. The minimum atomic E-state index is -0.195. The Morgan fingerprint density at radius 3 is 2.30 bits per heavy atom. The first kappa shape index (κ1) is 14.8. The third kappa shape index (κ3) is 3.35. The minimum absolute atomic E-state index is 0.195. The summed E-state index contributed by atoms with van der Waals surface area (Å²) in [6.07, 6.45) is 7.41. The zero-order valence-electron chi connectivity index (χ0n) is 12.9. The van der Waals surface area contributed by atoms with E-state index in [1.54, 1.807) is 0 Å². The van der Waals surface area contributed by atoms with E-state index in [0.29, 0.717) is 0 Å². The smallest absolute Gasteiger partial charge is 0.168 e. The van der Waals surface area contributed by atoms with Gasteiger partial charge in [-0.2, -0.15) is 0 Å². The fraction of sp³-hybridized carbons (Fsp3) is 1.00. The number of hydrogen-bond acceptors (Lipinski definition) is 4. The molecule has 116 valence electrons. The summed E-state index contributed by atoms with van der Waals surface area (Å²) < 4.78 is 11.7. The van der Waals surface area contributed by atoms with Crippen LogP contribution in [0.5, 0.6) is 0 Å². The van der Waals surface area contributed by atoms with E-state index in [4.69, 9.17) is 9.47 Å². The lowest BCUT2D eigenvalue weighted by Crippen LogP contribution is -2.47. The average Bonchev–Trinajstić information content (AvgIpc) is 2.95. The lowest BCUT2D eigenvalue weighted by molar-refractivity contribution is -0.184. The molecule has 0 atom stereocenters. The Bertz CT molecular complexity index is 287. The summed E-state index contributed by atoms with van der Waals surface area (Å²) in [4.78, 5) is 2.73. The summed E-state index contributed by atoms with van der Waals surface area (Å²) in [6, 6.07) is 0.772. The van der Waals surface area contributed by atoms with Crippen LogP contribution in [0.1, 0.15) is 45.4 Å². The van der Waals surface area contributed by atoms with Gasteiger partial charge in [0.05, 0.1) is 13.2 Å². The van der Waals surface area contributed by atoms with Crippen LogP contribution in [0.15, 0.2) is 0 Å². The molecule has 4 nitrogen and oxygen atoms in total. The fourth-order valence-electron chi connectivity index (χ4n) is 4.06. The van der Waals surface area contributed by atoms with Crippen molar-refractivity contribution in [1.29, 1.82) is 0 Å².